The maximum absolute atomic E-state index is 11.1. The van der Waals surface area contributed by atoms with Crippen LogP contribution in [-0.2, 0) is 33.2 Å². The summed E-state index contributed by atoms with van der Waals surface area (Å²) in [6, 6.07) is 0. The van der Waals surface area contributed by atoms with Crippen molar-refractivity contribution < 1.29 is 99.5 Å². The van der Waals surface area contributed by atoms with E-state index in [1.807, 2.05) is 0 Å². The standard InChI is InChI=1S/C24H42O20/c1-5-9(27)14(32)20(21(37)39-5)44-24-18(36)15(33)19(43-23-17(35)13(31)11(29)7(3-26)41-23)8(42-24)4-38-22-16(34)12(30)10(28)6(2-25)40-22/h5-37H,2-4H2,1H3/t5-,6+,7+,8+,9-,10-,11-,12-,13-,14+,15+,16+,17+,18+,19+,20+,21+,22+,23-,24+/m0/s1. The summed E-state index contributed by atoms with van der Waals surface area (Å²) in [5.74, 6) is 0. The third-order valence-electron chi connectivity index (χ3n) is 8.15. The monoisotopic (exact) mass is 650 g/mol. The van der Waals surface area contributed by atoms with Crippen LogP contribution in [0.4, 0.5) is 0 Å². The van der Waals surface area contributed by atoms with Gasteiger partial charge in [0.2, 0.25) is 0 Å². The van der Waals surface area contributed by atoms with Gasteiger partial charge >= 0.3 is 0 Å². The summed E-state index contributed by atoms with van der Waals surface area (Å²) in [4.78, 5) is 0. The Morgan fingerprint density at radius 3 is 1.43 bits per heavy atom. The Kier molecular flexibility index (Phi) is 12.3. The van der Waals surface area contributed by atoms with Crippen LogP contribution < -0.4 is 0 Å². The molecule has 20 heteroatoms. The molecule has 0 aromatic heterocycles. The van der Waals surface area contributed by atoms with Crippen molar-refractivity contribution in [2.24, 2.45) is 0 Å². The molecule has 4 aliphatic heterocycles. The van der Waals surface area contributed by atoms with Gasteiger partial charge in [-0.05, 0) is 6.92 Å². The zero-order valence-electron chi connectivity index (χ0n) is 23.3. The van der Waals surface area contributed by atoms with Crippen molar-refractivity contribution in [3.8, 4) is 0 Å². The molecule has 4 saturated heterocycles. The molecule has 0 unspecified atom stereocenters. The number of ether oxygens (including phenoxy) is 7. The molecule has 4 heterocycles. The number of aliphatic hydroxyl groups is 13. The van der Waals surface area contributed by atoms with E-state index in [9.17, 15) is 66.4 Å². The van der Waals surface area contributed by atoms with Crippen molar-refractivity contribution in [3.05, 3.63) is 0 Å². The Balaban J connectivity index is 1.55. The van der Waals surface area contributed by atoms with Gasteiger partial charge < -0.3 is 99.5 Å². The van der Waals surface area contributed by atoms with Crippen LogP contribution in [0, 0.1) is 0 Å². The van der Waals surface area contributed by atoms with Gasteiger partial charge in [0.25, 0.3) is 0 Å². The van der Waals surface area contributed by atoms with Gasteiger partial charge in [-0.2, -0.15) is 0 Å². The molecule has 0 radical (unpaired) electrons. The minimum absolute atomic E-state index is 0.736. The lowest BCUT2D eigenvalue weighted by atomic mass is 9.96. The summed E-state index contributed by atoms with van der Waals surface area (Å²) in [7, 11) is 0. The van der Waals surface area contributed by atoms with Gasteiger partial charge in [-0.15, -0.1) is 0 Å². The molecule has 4 rings (SSSR count). The van der Waals surface area contributed by atoms with Crippen molar-refractivity contribution in [1.82, 2.24) is 0 Å². The van der Waals surface area contributed by atoms with Gasteiger partial charge in [0.1, 0.15) is 91.6 Å². The summed E-state index contributed by atoms with van der Waals surface area (Å²) in [6.07, 6.45) is -34.2. The Morgan fingerprint density at radius 2 is 0.886 bits per heavy atom. The third-order valence-corrected chi connectivity index (χ3v) is 8.15. The van der Waals surface area contributed by atoms with E-state index >= 15 is 0 Å². The van der Waals surface area contributed by atoms with Crippen molar-refractivity contribution in [3.63, 3.8) is 0 Å². The fraction of sp³-hybridized carbons (Fsp3) is 1.00. The van der Waals surface area contributed by atoms with E-state index in [1.165, 1.54) is 6.92 Å². The quantitative estimate of drug-likeness (QED) is 0.110. The van der Waals surface area contributed by atoms with Crippen LogP contribution in [-0.4, -0.2) is 209 Å². The SMILES string of the molecule is C[C@@H]1O[C@@H](O)[C@H](O[C@H]2O[C@H](CO[C@@H]3O[C@H](CO)[C@H](O)[C@H](O)[C@H]3O)[C@@H](O[C@@H]3O[C@H](CO)[C@H](O)[C@H](O)[C@H]3O)[C@H](O)[C@H]2O)[C@H](O)[C@H]1O. The van der Waals surface area contributed by atoms with Gasteiger partial charge in [0.15, 0.2) is 25.2 Å². The molecule has 0 aromatic carbocycles. The Morgan fingerprint density at radius 1 is 0.455 bits per heavy atom. The molecular weight excluding hydrogens is 608 g/mol. The first-order valence-electron chi connectivity index (χ1n) is 14.0. The van der Waals surface area contributed by atoms with Crippen LogP contribution in [0.25, 0.3) is 0 Å². The van der Waals surface area contributed by atoms with Crippen LogP contribution in [0.5, 0.6) is 0 Å². The van der Waals surface area contributed by atoms with Crippen molar-refractivity contribution in [2.75, 3.05) is 19.8 Å². The van der Waals surface area contributed by atoms with Crippen LogP contribution in [0.3, 0.4) is 0 Å². The maximum Gasteiger partial charge on any atom is 0.187 e. The smallest absolute Gasteiger partial charge is 0.187 e. The number of hydrogen-bond donors (Lipinski definition) is 13. The Labute approximate surface area is 249 Å². The zero-order chi connectivity index (χ0) is 32.6. The van der Waals surface area contributed by atoms with E-state index in [0.717, 1.165) is 0 Å². The van der Waals surface area contributed by atoms with E-state index in [4.69, 9.17) is 33.2 Å². The highest BCUT2D eigenvalue weighted by molar-refractivity contribution is 4.96. The van der Waals surface area contributed by atoms with Crippen LogP contribution in [0.1, 0.15) is 6.92 Å². The largest absolute Gasteiger partial charge is 0.394 e. The molecule has 4 aliphatic rings. The van der Waals surface area contributed by atoms with Crippen LogP contribution >= 0.6 is 0 Å². The molecule has 258 valence electrons. The molecule has 0 bridgehead atoms. The van der Waals surface area contributed by atoms with Crippen LogP contribution in [0.15, 0.2) is 0 Å². The summed E-state index contributed by atoms with van der Waals surface area (Å²) >= 11 is 0. The van der Waals surface area contributed by atoms with Crippen molar-refractivity contribution >= 4 is 0 Å². The topological polar surface area (TPSA) is 328 Å². The van der Waals surface area contributed by atoms with Crippen molar-refractivity contribution in [1.29, 1.82) is 0 Å². The lowest BCUT2D eigenvalue weighted by Gasteiger charge is -2.48. The third kappa shape index (κ3) is 7.19. The highest BCUT2D eigenvalue weighted by Crippen LogP contribution is 2.33. The van der Waals surface area contributed by atoms with E-state index in [-0.39, 0.29) is 0 Å². The number of hydrogen-bond acceptors (Lipinski definition) is 20. The van der Waals surface area contributed by atoms with E-state index in [1.54, 1.807) is 0 Å². The van der Waals surface area contributed by atoms with E-state index in [0.29, 0.717) is 0 Å². The molecule has 13 N–H and O–H groups in total. The predicted molar refractivity (Wildman–Crippen MR) is 132 cm³/mol. The van der Waals surface area contributed by atoms with Gasteiger partial charge in [-0.25, -0.2) is 0 Å². The first-order valence-corrected chi connectivity index (χ1v) is 14.0. The van der Waals surface area contributed by atoms with E-state index in [2.05, 4.69) is 0 Å². The molecule has 0 spiro atoms. The number of rotatable bonds is 9. The highest BCUT2D eigenvalue weighted by Gasteiger charge is 2.54. The Hall–Kier alpha value is -0.800. The minimum Gasteiger partial charge on any atom is -0.394 e. The lowest BCUT2D eigenvalue weighted by molar-refractivity contribution is -0.385. The van der Waals surface area contributed by atoms with Gasteiger partial charge in [-0.3, -0.25) is 0 Å². The number of aliphatic hydroxyl groups excluding tert-OH is 13. The zero-order valence-corrected chi connectivity index (χ0v) is 23.3. The molecule has 0 amide bonds. The second-order valence-electron chi connectivity index (χ2n) is 11.2. The molecular formula is C24H42O20. The first kappa shape index (κ1) is 36.0. The first-order chi connectivity index (χ1) is 20.7. The van der Waals surface area contributed by atoms with E-state index < -0.39 is 143 Å². The molecule has 4 fully saturated rings. The maximum atomic E-state index is 11.1. The van der Waals surface area contributed by atoms with Gasteiger partial charge in [0.05, 0.1) is 25.9 Å². The van der Waals surface area contributed by atoms with Gasteiger partial charge in [-0.1, -0.05) is 0 Å². The second-order valence-corrected chi connectivity index (χ2v) is 11.2. The second kappa shape index (κ2) is 15.0. The normalized spacial score (nSPS) is 53.9. The molecule has 0 aromatic rings. The summed E-state index contributed by atoms with van der Waals surface area (Å²) in [5.41, 5.74) is 0. The predicted octanol–water partition coefficient (Wildman–Crippen LogP) is -8.72. The summed E-state index contributed by atoms with van der Waals surface area (Å²) in [6.45, 7) is -0.945. The van der Waals surface area contributed by atoms with Crippen LogP contribution in [0.2, 0.25) is 0 Å². The van der Waals surface area contributed by atoms with Gasteiger partial charge in [0, 0.05) is 0 Å². The molecule has 44 heavy (non-hydrogen) atoms. The highest BCUT2D eigenvalue weighted by atomic mass is 16.8. The minimum atomic E-state index is -2.02. The molecule has 0 saturated carbocycles. The summed E-state index contributed by atoms with van der Waals surface area (Å²) in [5, 5.41) is 133. The average Bonchev–Trinajstić information content (AvgIpc) is 3.00. The lowest BCUT2D eigenvalue weighted by Crippen LogP contribution is -2.66. The molecule has 20 atom stereocenters. The summed E-state index contributed by atoms with van der Waals surface area (Å²) < 4.78 is 38.1. The molecule has 20 nitrogen and oxygen atoms in total. The fourth-order valence-corrected chi connectivity index (χ4v) is 5.37. The fourth-order valence-electron chi connectivity index (χ4n) is 5.37. The average molecular weight is 651 g/mol. The molecule has 0 aliphatic carbocycles. The Bertz CT molecular complexity index is 898. The van der Waals surface area contributed by atoms with Crippen molar-refractivity contribution in [2.45, 2.75) is 130 Å².